The first-order valence-electron chi connectivity index (χ1n) is 13.1. The largest absolute Gasteiger partial charge is 0.464 e. The van der Waals surface area contributed by atoms with Crippen LogP contribution in [0.1, 0.15) is 41.1 Å². The van der Waals surface area contributed by atoms with Gasteiger partial charge in [-0.1, -0.05) is 78.9 Å². The maximum absolute atomic E-state index is 12.9. The highest BCUT2D eigenvalue weighted by atomic mass is 16.3. The van der Waals surface area contributed by atoms with Gasteiger partial charge in [-0.15, -0.1) is 0 Å². The van der Waals surface area contributed by atoms with Crippen molar-refractivity contribution in [2.24, 2.45) is 0 Å². The van der Waals surface area contributed by atoms with Crippen LogP contribution in [-0.2, 0) is 23.2 Å². The van der Waals surface area contributed by atoms with Crippen LogP contribution in [0.15, 0.2) is 102 Å². The summed E-state index contributed by atoms with van der Waals surface area (Å²) >= 11 is 0. The molecule has 5 heteroatoms. The number of amides is 1. The number of rotatable bonds is 6. The van der Waals surface area contributed by atoms with E-state index in [2.05, 4.69) is 40.5 Å². The molecule has 4 aromatic rings. The number of carbonyl (C=O) groups is 1. The Kier molecular flexibility index (Phi) is 6.41. The van der Waals surface area contributed by atoms with Crippen LogP contribution in [0.25, 0.3) is 11.3 Å². The van der Waals surface area contributed by atoms with Gasteiger partial charge in [0.05, 0.1) is 24.8 Å². The summed E-state index contributed by atoms with van der Waals surface area (Å²) in [5.74, 6) is 0.826. The van der Waals surface area contributed by atoms with Gasteiger partial charge in [-0.2, -0.15) is 0 Å². The minimum atomic E-state index is -0.651. The van der Waals surface area contributed by atoms with Crippen molar-refractivity contribution in [3.05, 3.63) is 120 Å². The molecule has 0 saturated carbocycles. The fourth-order valence-corrected chi connectivity index (χ4v) is 6.28. The molecule has 1 fully saturated rings. The lowest BCUT2D eigenvalue weighted by Gasteiger charge is -2.43. The molecule has 2 N–H and O–H groups in total. The number of likely N-dealkylation sites (tertiary alicyclic amines) is 1. The SMILES string of the molecule is O=C(Cc1ccccc1)N[C@H]1c2ccccc2C2(CCN(Cc3ccccc3-c3ccco3)CC2)[C@@H]1O. The molecule has 1 aromatic heterocycles. The number of hydrogen-bond donors (Lipinski definition) is 2. The second-order valence-electron chi connectivity index (χ2n) is 10.3. The second-order valence-corrected chi connectivity index (χ2v) is 10.3. The molecule has 188 valence electrons. The summed E-state index contributed by atoms with van der Waals surface area (Å²) in [5, 5.41) is 14.9. The first-order chi connectivity index (χ1) is 18.1. The summed E-state index contributed by atoms with van der Waals surface area (Å²) in [7, 11) is 0. The number of piperidine rings is 1. The van der Waals surface area contributed by atoms with Gasteiger partial charge < -0.3 is 14.8 Å². The number of benzene rings is 3. The minimum Gasteiger partial charge on any atom is -0.464 e. The van der Waals surface area contributed by atoms with Gasteiger partial charge in [0.25, 0.3) is 0 Å². The minimum absolute atomic E-state index is 0.0610. The fraction of sp³-hybridized carbons (Fsp3) is 0.281. The topological polar surface area (TPSA) is 65.7 Å². The molecule has 2 atom stereocenters. The van der Waals surface area contributed by atoms with Gasteiger partial charge in [0.1, 0.15) is 5.76 Å². The molecule has 5 nitrogen and oxygen atoms in total. The Balaban J connectivity index is 1.18. The van der Waals surface area contributed by atoms with Crippen molar-refractivity contribution >= 4 is 5.91 Å². The van der Waals surface area contributed by atoms with E-state index >= 15 is 0 Å². The average Bonchev–Trinajstić information content (AvgIpc) is 3.54. The molecule has 6 rings (SSSR count). The molecule has 0 unspecified atom stereocenters. The summed E-state index contributed by atoms with van der Waals surface area (Å²) < 4.78 is 5.67. The van der Waals surface area contributed by atoms with E-state index in [-0.39, 0.29) is 11.3 Å². The third-order valence-corrected chi connectivity index (χ3v) is 8.18. The molecule has 2 heterocycles. The smallest absolute Gasteiger partial charge is 0.224 e. The van der Waals surface area contributed by atoms with Crippen molar-refractivity contribution in [1.82, 2.24) is 10.2 Å². The molecule has 3 aromatic carbocycles. The number of fused-ring (bicyclic) bond motifs is 2. The standard InChI is InChI=1S/C32H32N2O3/c35-29(21-23-9-2-1-3-10-23)33-30-26-13-6-7-14-27(26)32(31(30)36)16-18-34(19-17-32)22-24-11-4-5-12-25(24)28-15-8-20-37-28/h1-15,20,30-31,36H,16-19,21-22H2,(H,33,35)/t30-,31+/m0/s1. The van der Waals surface area contributed by atoms with Gasteiger partial charge in [-0.05, 0) is 60.3 Å². The van der Waals surface area contributed by atoms with Crippen molar-refractivity contribution in [2.45, 2.75) is 43.4 Å². The lowest BCUT2D eigenvalue weighted by molar-refractivity contribution is -0.122. The predicted molar refractivity (Wildman–Crippen MR) is 144 cm³/mol. The monoisotopic (exact) mass is 492 g/mol. The van der Waals surface area contributed by atoms with E-state index < -0.39 is 12.1 Å². The predicted octanol–water partition coefficient (Wildman–Crippen LogP) is 5.25. The van der Waals surface area contributed by atoms with Crippen LogP contribution in [0.3, 0.4) is 0 Å². The van der Waals surface area contributed by atoms with E-state index in [1.165, 1.54) is 11.1 Å². The Morgan fingerprint density at radius 2 is 1.65 bits per heavy atom. The van der Waals surface area contributed by atoms with Crippen LogP contribution >= 0.6 is 0 Å². The van der Waals surface area contributed by atoms with E-state index in [9.17, 15) is 9.90 Å². The molecule has 2 aliphatic rings. The van der Waals surface area contributed by atoms with Gasteiger partial charge >= 0.3 is 0 Å². The van der Waals surface area contributed by atoms with Crippen molar-refractivity contribution in [3.63, 3.8) is 0 Å². The Morgan fingerprint density at radius 3 is 2.43 bits per heavy atom. The van der Waals surface area contributed by atoms with Gasteiger partial charge in [-0.3, -0.25) is 9.69 Å². The number of hydrogen-bond acceptors (Lipinski definition) is 4. The van der Waals surface area contributed by atoms with Gasteiger partial charge in [0.2, 0.25) is 5.91 Å². The number of nitrogens with zero attached hydrogens (tertiary/aromatic N) is 1. The normalized spacial score (nSPS) is 20.6. The third kappa shape index (κ3) is 4.50. The number of nitrogens with one attached hydrogen (secondary N) is 1. The second kappa shape index (κ2) is 10.0. The van der Waals surface area contributed by atoms with Crippen LogP contribution in [0.5, 0.6) is 0 Å². The Labute approximate surface area is 217 Å². The lowest BCUT2D eigenvalue weighted by Crippen LogP contribution is -2.49. The first kappa shape index (κ1) is 23.7. The van der Waals surface area contributed by atoms with E-state index in [0.29, 0.717) is 6.42 Å². The molecule has 1 aliphatic carbocycles. The van der Waals surface area contributed by atoms with Crippen molar-refractivity contribution in [2.75, 3.05) is 13.1 Å². The van der Waals surface area contributed by atoms with Crippen molar-refractivity contribution in [3.8, 4) is 11.3 Å². The summed E-state index contributed by atoms with van der Waals surface area (Å²) in [4.78, 5) is 15.4. The third-order valence-electron chi connectivity index (χ3n) is 8.18. The van der Waals surface area contributed by atoms with E-state index in [4.69, 9.17) is 4.42 Å². The number of furan rings is 1. The summed E-state index contributed by atoms with van der Waals surface area (Å²) in [6.07, 6.45) is 3.06. The zero-order valence-electron chi connectivity index (χ0n) is 20.8. The van der Waals surface area contributed by atoms with E-state index in [1.807, 2.05) is 60.7 Å². The average molecular weight is 493 g/mol. The van der Waals surface area contributed by atoms with Crippen LogP contribution in [0, 0.1) is 0 Å². The highest BCUT2D eigenvalue weighted by Gasteiger charge is 2.52. The maximum atomic E-state index is 12.9. The summed E-state index contributed by atoms with van der Waals surface area (Å²) in [5.41, 5.74) is 5.22. The Morgan fingerprint density at radius 1 is 0.919 bits per heavy atom. The molecule has 1 aliphatic heterocycles. The number of aliphatic hydroxyl groups excluding tert-OH is 1. The van der Waals surface area contributed by atoms with Crippen molar-refractivity contribution < 1.29 is 14.3 Å². The molecular weight excluding hydrogens is 460 g/mol. The molecule has 1 amide bonds. The van der Waals surface area contributed by atoms with Gasteiger partial charge in [0.15, 0.2) is 0 Å². The quantitative estimate of drug-likeness (QED) is 0.386. The van der Waals surface area contributed by atoms with Crippen molar-refractivity contribution in [1.29, 1.82) is 0 Å². The lowest BCUT2D eigenvalue weighted by atomic mass is 9.72. The van der Waals surface area contributed by atoms with Crippen LogP contribution in [0.2, 0.25) is 0 Å². The van der Waals surface area contributed by atoms with Crippen LogP contribution < -0.4 is 5.32 Å². The molecule has 1 spiro atoms. The zero-order chi connectivity index (χ0) is 25.2. The Hall–Kier alpha value is -3.67. The molecule has 1 saturated heterocycles. The molecule has 0 bridgehead atoms. The molecule has 0 radical (unpaired) electrons. The summed E-state index contributed by atoms with van der Waals surface area (Å²) in [6, 6.07) is 29.9. The number of aliphatic hydroxyl groups is 1. The molecule has 37 heavy (non-hydrogen) atoms. The van der Waals surface area contributed by atoms with E-state index in [0.717, 1.165) is 54.9 Å². The fourth-order valence-electron chi connectivity index (χ4n) is 6.28. The maximum Gasteiger partial charge on any atom is 0.224 e. The number of carbonyl (C=O) groups excluding carboxylic acids is 1. The van der Waals surface area contributed by atoms with Gasteiger partial charge in [-0.25, -0.2) is 0 Å². The summed E-state index contributed by atoms with van der Waals surface area (Å²) in [6.45, 7) is 2.59. The first-order valence-corrected chi connectivity index (χ1v) is 13.1. The highest BCUT2D eigenvalue weighted by Crippen LogP contribution is 2.51. The zero-order valence-corrected chi connectivity index (χ0v) is 20.8. The van der Waals surface area contributed by atoms with Gasteiger partial charge in [0, 0.05) is 17.5 Å². The highest BCUT2D eigenvalue weighted by molar-refractivity contribution is 5.79. The molecular formula is C32H32N2O3. The van der Waals surface area contributed by atoms with E-state index in [1.54, 1.807) is 6.26 Å². The Bertz CT molecular complexity index is 1360. The van der Waals surface area contributed by atoms with Crippen LogP contribution in [-0.4, -0.2) is 35.1 Å². The van der Waals surface area contributed by atoms with Crippen LogP contribution in [0.4, 0.5) is 0 Å².